The fourth-order valence-corrected chi connectivity index (χ4v) is 5.08. The molecule has 0 aliphatic rings. The highest BCUT2D eigenvalue weighted by atomic mass is 35.5. The van der Waals surface area contributed by atoms with Crippen LogP contribution in [0.5, 0.6) is 0 Å². The minimum atomic E-state index is -0.543. The highest BCUT2D eigenvalue weighted by Gasteiger charge is 2.32. The van der Waals surface area contributed by atoms with Gasteiger partial charge in [0.1, 0.15) is 5.82 Å². The minimum absolute atomic E-state index is 0.0993. The van der Waals surface area contributed by atoms with Crippen LogP contribution in [0.1, 0.15) is 53.6 Å². The number of aromatic nitrogens is 2. The van der Waals surface area contributed by atoms with Crippen molar-refractivity contribution in [2.24, 2.45) is 5.92 Å². The third kappa shape index (κ3) is 7.11. The van der Waals surface area contributed by atoms with Crippen LogP contribution in [0, 0.1) is 12.8 Å². The van der Waals surface area contributed by atoms with Gasteiger partial charge >= 0.3 is 0 Å². The molecule has 0 saturated carbocycles. The summed E-state index contributed by atoms with van der Waals surface area (Å²) in [6.07, 6.45) is 1.72. The Labute approximate surface area is 245 Å². The van der Waals surface area contributed by atoms with Crippen LogP contribution in [-0.4, -0.2) is 39.4 Å². The highest BCUT2D eigenvalue weighted by Crippen LogP contribution is 2.31. The van der Waals surface area contributed by atoms with Crippen LogP contribution in [0.15, 0.2) is 90.2 Å². The van der Waals surface area contributed by atoms with Crippen molar-refractivity contribution in [1.29, 1.82) is 0 Å². The van der Waals surface area contributed by atoms with E-state index in [1.54, 1.807) is 27.7 Å². The molecule has 1 heterocycles. The van der Waals surface area contributed by atoms with Crippen molar-refractivity contribution in [3.8, 4) is 0 Å². The van der Waals surface area contributed by atoms with Gasteiger partial charge in [-0.05, 0) is 61.2 Å². The largest absolute Gasteiger partial charge is 0.353 e. The van der Waals surface area contributed by atoms with E-state index in [1.807, 2.05) is 75.4 Å². The molecule has 41 heavy (non-hydrogen) atoms. The summed E-state index contributed by atoms with van der Waals surface area (Å²) in [6, 6.07) is 21.7. The molecule has 1 aromatic heterocycles. The lowest BCUT2D eigenvalue weighted by Crippen LogP contribution is -2.42. The van der Waals surface area contributed by atoms with E-state index in [0.29, 0.717) is 53.4 Å². The van der Waals surface area contributed by atoms with Crippen LogP contribution in [-0.2, 0) is 11.3 Å². The average Bonchev–Trinajstić information content (AvgIpc) is 2.96. The summed E-state index contributed by atoms with van der Waals surface area (Å²) in [5, 5.41) is 3.72. The van der Waals surface area contributed by atoms with Crippen molar-refractivity contribution in [1.82, 2.24) is 19.8 Å². The zero-order valence-corrected chi connectivity index (χ0v) is 24.4. The number of benzene rings is 3. The fourth-order valence-electron chi connectivity index (χ4n) is 4.92. The Morgan fingerprint density at radius 1 is 1.07 bits per heavy atom. The summed E-state index contributed by atoms with van der Waals surface area (Å²) in [4.78, 5) is 46.6. The molecule has 0 saturated heterocycles. The van der Waals surface area contributed by atoms with Gasteiger partial charge in [0, 0.05) is 23.7 Å². The lowest BCUT2D eigenvalue weighted by molar-refractivity contribution is -0.116. The first-order chi connectivity index (χ1) is 19.7. The Hall–Kier alpha value is -4.23. The number of nitrogens with zero attached hydrogens (tertiary/aromatic N) is 3. The molecule has 1 N–H and O–H groups in total. The number of fused-ring (bicyclic) bond motifs is 1. The number of carbonyl (C=O) groups is 2. The van der Waals surface area contributed by atoms with Gasteiger partial charge in [0.15, 0.2) is 0 Å². The van der Waals surface area contributed by atoms with Gasteiger partial charge < -0.3 is 10.2 Å². The first-order valence-corrected chi connectivity index (χ1v) is 14.1. The summed E-state index contributed by atoms with van der Waals surface area (Å²) >= 11 is 6.31. The second-order valence-electron chi connectivity index (χ2n) is 10.4. The number of halogens is 1. The lowest BCUT2D eigenvalue weighted by Gasteiger charge is -2.35. The van der Waals surface area contributed by atoms with Crippen molar-refractivity contribution in [3.05, 3.63) is 123 Å². The molecule has 0 aliphatic heterocycles. The molecule has 0 spiro atoms. The summed E-state index contributed by atoms with van der Waals surface area (Å²) in [6.45, 7) is 10.5. The fraction of sp³-hybridized carbons (Fsp3) is 0.273. The van der Waals surface area contributed by atoms with Crippen LogP contribution in [0.3, 0.4) is 0 Å². The van der Waals surface area contributed by atoms with Crippen molar-refractivity contribution >= 4 is 34.3 Å². The van der Waals surface area contributed by atoms with E-state index in [-0.39, 0.29) is 23.3 Å². The Balaban J connectivity index is 1.87. The van der Waals surface area contributed by atoms with E-state index in [4.69, 9.17) is 16.6 Å². The van der Waals surface area contributed by atoms with E-state index < -0.39 is 6.04 Å². The number of aryl methyl sites for hydroxylation is 1. The van der Waals surface area contributed by atoms with Crippen LogP contribution < -0.4 is 10.9 Å². The topological polar surface area (TPSA) is 84.3 Å². The Kier molecular flexibility index (Phi) is 9.73. The predicted octanol–water partition coefficient (Wildman–Crippen LogP) is 5.94. The van der Waals surface area contributed by atoms with E-state index in [1.165, 1.54) is 6.08 Å². The maximum absolute atomic E-state index is 14.1. The zero-order chi connectivity index (χ0) is 29.5. The molecule has 0 fully saturated rings. The molecular formula is C33H35ClN4O3. The van der Waals surface area contributed by atoms with Crippen molar-refractivity contribution in [3.63, 3.8) is 0 Å². The molecule has 0 aliphatic carbocycles. The second-order valence-corrected chi connectivity index (χ2v) is 10.8. The van der Waals surface area contributed by atoms with Crippen LogP contribution >= 0.6 is 11.6 Å². The smallest absolute Gasteiger partial charge is 0.261 e. The van der Waals surface area contributed by atoms with Crippen LogP contribution in [0.4, 0.5) is 0 Å². The summed E-state index contributed by atoms with van der Waals surface area (Å²) in [7, 11) is 0. The molecule has 0 radical (unpaired) electrons. The van der Waals surface area contributed by atoms with E-state index >= 15 is 0 Å². The molecule has 1 atom stereocenters. The van der Waals surface area contributed by atoms with Crippen LogP contribution in [0.25, 0.3) is 10.9 Å². The minimum Gasteiger partial charge on any atom is -0.353 e. The third-order valence-corrected chi connectivity index (χ3v) is 7.22. The van der Waals surface area contributed by atoms with Gasteiger partial charge in [-0.15, -0.1) is 0 Å². The second kappa shape index (κ2) is 13.4. The molecule has 0 bridgehead atoms. The van der Waals surface area contributed by atoms with Gasteiger partial charge in [-0.1, -0.05) is 80.1 Å². The maximum Gasteiger partial charge on any atom is 0.261 e. The van der Waals surface area contributed by atoms with E-state index in [0.717, 1.165) is 11.1 Å². The van der Waals surface area contributed by atoms with E-state index in [9.17, 15) is 14.4 Å². The van der Waals surface area contributed by atoms with Gasteiger partial charge in [0.2, 0.25) is 5.91 Å². The Morgan fingerprint density at radius 3 is 2.44 bits per heavy atom. The summed E-state index contributed by atoms with van der Waals surface area (Å²) < 4.78 is 1.67. The van der Waals surface area contributed by atoms with Gasteiger partial charge in [-0.25, -0.2) is 4.98 Å². The normalized spacial score (nSPS) is 11.8. The summed E-state index contributed by atoms with van der Waals surface area (Å²) in [5.41, 5.74) is 2.81. The number of hydrogen-bond acceptors (Lipinski definition) is 4. The van der Waals surface area contributed by atoms with Gasteiger partial charge in [0.05, 0.1) is 23.5 Å². The standard InChI is InChI=1S/C33H35ClN4O3/c1-5-29(39)35-18-9-19-37(32(40)25-14-12-23(4)13-15-25)30(22(2)3)31-36-28-20-26(34)16-17-27(28)33(41)38(31)21-24-10-7-6-8-11-24/h5-8,10-17,20,22,30H,1,9,18-19,21H2,2-4H3,(H,35,39). The number of amides is 2. The number of hydrogen-bond donors (Lipinski definition) is 1. The first kappa shape index (κ1) is 29.7. The zero-order valence-electron chi connectivity index (χ0n) is 23.6. The highest BCUT2D eigenvalue weighted by molar-refractivity contribution is 6.31. The molecule has 1 unspecified atom stereocenters. The quantitative estimate of drug-likeness (QED) is 0.179. The predicted molar refractivity (Wildman–Crippen MR) is 164 cm³/mol. The van der Waals surface area contributed by atoms with Crippen LogP contribution in [0.2, 0.25) is 5.02 Å². The van der Waals surface area contributed by atoms with E-state index in [2.05, 4.69) is 11.9 Å². The van der Waals surface area contributed by atoms with Crippen molar-refractivity contribution in [2.75, 3.05) is 13.1 Å². The maximum atomic E-state index is 14.1. The lowest BCUT2D eigenvalue weighted by atomic mass is 9.98. The SMILES string of the molecule is C=CC(=O)NCCCN(C(=O)c1ccc(C)cc1)C(c1nc2cc(Cl)ccc2c(=O)n1Cc1ccccc1)C(C)C. The van der Waals surface area contributed by atoms with Gasteiger partial charge in [0.25, 0.3) is 11.5 Å². The van der Waals surface area contributed by atoms with Gasteiger partial charge in [-0.3, -0.25) is 19.0 Å². The first-order valence-electron chi connectivity index (χ1n) is 13.7. The number of nitrogens with one attached hydrogen (secondary N) is 1. The number of carbonyl (C=O) groups excluding carboxylic acids is 2. The monoisotopic (exact) mass is 570 g/mol. The van der Waals surface area contributed by atoms with Crippen molar-refractivity contribution < 1.29 is 9.59 Å². The molecule has 7 nitrogen and oxygen atoms in total. The molecular weight excluding hydrogens is 536 g/mol. The molecule has 3 aromatic carbocycles. The summed E-state index contributed by atoms with van der Waals surface area (Å²) in [5.74, 6) is -0.0611. The molecule has 2 amide bonds. The molecule has 212 valence electrons. The van der Waals surface area contributed by atoms with Crippen molar-refractivity contribution in [2.45, 2.75) is 39.8 Å². The Bertz CT molecular complexity index is 1600. The molecule has 4 rings (SSSR count). The Morgan fingerprint density at radius 2 is 1.78 bits per heavy atom. The van der Waals surface area contributed by atoms with Gasteiger partial charge in [-0.2, -0.15) is 0 Å². The molecule has 4 aromatic rings. The molecule has 8 heteroatoms. The number of rotatable bonds is 11. The average molecular weight is 571 g/mol. The third-order valence-electron chi connectivity index (χ3n) is 6.98.